The van der Waals surface area contributed by atoms with Gasteiger partial charge >= 0.3 is 0 Å². The van der Waals surface area contributed by atoms with Crippen LogP contribution in [-0.4, -0.2) is 44.4 Å². The maximum atomic E-state index is 12.9. The molecule has 3 N–H and O–H groups in total. The van der Waals surface area contributed by atoms with Crippen LogP contribution in [-0.2, 0) is 4.79 Å². The first-order valence-corrected chi connectivity index (χ1v) is 11.6. The van der Waals surface area contributed by atoms with Crippen molar-refractivity contribution in [3.8, 4) is 28.5 Å². The molecule has 0 aliphatic rings. The molecule has 9 heteroatoms. The highest BCUT2D eigenvalue weighted by atomic mass is 16.2. The molecule has 1 unspecified atom stereocenters. The average molecular weight is 482 g/mol. The number of nitrogens with one attached hydrogen (secondary N) is 1. The molecule has 0 aliphatic heterocycles. The van der Waals surface area contributed by atoms with Gasteiger partial charge in [0.25, 0.3) is 5.91 Å². The van der Waals surface area contributed by atoms with Gasteiger partial charge in [-0.05, 0) is 69.1 Å². The molecule has 4 rings (SSSR count). The van der Waals surface area contributed by atoms with Crippen molar-refractivity contribution in [2.75, 3.05) is 13.1 Å². The molecule has 1 aromatic carbocycles. The van der Waals surface area contributed by atoms with E-state index in [9.17, 15) is 14.9 Å². The molecule has 4 aromatic rings. The predicted octanol–water partition coefficient (Wildman–Crippen LogP) is 3.23. The Bertz CT molecular complexity index is 1480. The Kier molecular flexibility index (Phi) is 7.17. The second-order valence-corrected chi connectivity index (χ2v) is 8.85. The smallest absolute Gasteiger partial charge is 0.270 e. The van der Waals surface area contributed by atoms with Gasteiger partial charge in [-0.2, -0.15) is 10.4 Å². The maximum Gasteiger partial charge on any atom is 0.270 e. The van der Waals surface area contributed by atoms with E-state index in [1.54, 1.807) is 28.9 Å². The molecule has 1 amide bonds. The first kappa shape index (κ1) is 24.7. The van der Waals surface area contributed by atoms with Crippen LogP contribution in [0, 0.1) is 31.1 Å². The van der Waals surface area contributed by atoms with Gasteiger partial charge in [-0.3, -0.25) is 9.78 Å². The summed E-state index contributed by atoms with van der Waals surface area (Å²) in [7, 11) is 0. The van der Waals surface area contributed by atoms with Crippen LogP contribution in [0.5, 0.6) is 0 Å². The Labute approximate surface area is 209 Å². The number of nitriles is 1. The minimum absolute atomic E-state index is 0.0269. The summed E-state index contributed by atoms with van der Waals surface area (Å²) in [4.78, 5) is 33.5. The number of carbonyl (C=O) groups is 2. The number of Topliss-reactive ketones (excluding diaryl/α,β-unsaturated/α-hetero) is 1. The van der Waals surface area contributed by atoms with E-state index >= 15 is 0 Å². The zero-order valence-corrected chi connectivity index (χ0v) is 20.4. The minimum Gasteiger partial charge on any atom is -0.350 e. The minimum atomic E-state index is -0.359. The molecule has 0 saturated carbocycles. The van der Waals surface area contributed by atoms with Gasteiger partial charge in [-0.15, -0.1) is 0 Å². The topological polar surface area (TPSA) is 139 Å². The summed E-state index contributed by atoms with van der Waals surface area (Å²) in [6, 6.07) is 14.9. The normalized spacial score (nSPS) is 11.8. The molecule has 36 heavy (non-hydrogen) atoms. The predicted molar refractivity (Wildman–Crippen MR) is 136 cm³/mol. The van der Waals surface area contributed by atoms with E-state index in [1.165, 1.54) is 6.92 Å². The van der Waals surface area contributed by atoms with Crippen LogP contribution in [0.3, 0.4) is 0 Å². The highest BCUT2D eigenvalue weighted by molar-refractivity contribution is 5.95. The number of hydrogen-bond donors (Lipinski definition) is 2. The molecule has 0 bridgehead atoms. The second kappa shape index (κ2) is 10.5. The molecule has 0 spiro atoms. The molecular formula is C27H27N7O2. The van der Waals surface area contributed by atoms with Crippen molar-refractivity contribution in [1.29, 1.82) is 5.26 Å². The van der Waals surface area contributed by atoms with Gasteiger partial charge in [-0.25, -0.2) is 9.50 Å². The monoisotopic (exact) mass is 481 g/mol. The summed E-state index contributed by atoms with van der Waals surface area (Å²) in [5.41, 5.74) is 11.7. The Hall–Kier alpha value is -4.42. The molecule has 9 nitrogen and oxygen atoms in total. The molecule has 1 atom stereocenters. The number of hydrogen-bond acceptors (Lipinski definition) is 7. The first-order valence-electron chi connectivity index (χ1n) is 11.6. The summed E-state index contributed by atoms with van der Waals surface area (Å²) < 4.78 is 1.63. The van der Waals surface area contributed by atoms with Gasteiger partial charge in [0.05, 0.1) is 17.2 Å². The third-order valence-electron chi connectivity index (χ3n) is 5.81. The molecule has 3 heterocycles. The second-order valence-electron chi connectivity index (χ2n) is 8.85. The van der Waals surface area contributed by atoms with Gasteiger partial charge in [-0.1, -0.05) is 12.1 Å². The SMILES string of the molecule is CC(=O)CC(CN)CNC(=O)c1ccn2nc(-c3cccc(C#N)c3)c(-c3cc(C)nc(C)c3)c2n1. The third-order valence-corrected chi connectivity index (χ3v) is 5.81. The maximum absolute atomic E-state index is 12.9. The summed E-state index contributed by atoms with van der Waals surface area (Å²) >= 11 is 0. The summed E-state index contributed by atoms with van der Waals surface area (Å²) in [5, 5.41) is 17.0. The Morgan fingerprint density at radius 1 is 1.11 bits per heavy atom. The van der Waals surface area contributed by atoms with Gasteiger partial charge in [0.2, 0.25) is 0 Å². The number of rotatable bonds is 8. The zero-order valence-electron chi connectivity index (χ0n) is 20.4. The highest BCUT2D eigenvalue weighted by Crippen LogP contribution is 2.35. The van der Waals surface area contributed by atoms with E-state index in [-0.39, 0.29) is 29.8 Å². The lowest BCUT2D eigenvalue weighted by Gasteiger charge is -2.13. The molecule has 3 aromatic heterocycles. The van der Waals surface area contributed by atoms with Gasteiger partial charge in [0, 0.05) is 36.1 Å². The molecule has 0 saturated heterocycles. The van der Waals surface area contributed by atoms with Crippen molar-refractivity contribution in [3.63, 3.8) is 0 Å². The largest absolute Gasteiger partial charge is 0.350 e. The number of nitrogens with zero attached hydrogens (tertiary/aromatic N) is 5. The van der Waals surface area contributed by atoms with Gasteiger partial charge in [0.1, 0.15) is 17.2 Å². The van der Waals surface area contributed by atoms with E-state index in [1.807, 2.05) is 38.1 Å². The fourth-order valence-corrected chi connectivity index (χ4v) is 4.21. The molecule has 182 valence electrons. The van der Waals surface area contributed by atoms with Gasteiger partial charge in [0.15, 0.2) is 5.65 Å². The van der Waals surface area contributed by atoms with Crippen molar-refractivity contribution >= 4 is 17.3 Å². The van der Waals surface area contributed by atoms with Crippen LogP contribution in [0.25, 0.3) is 28.0 Å². The zero-order chi connectivity index (χ0) is 25.8. The standard InChI is InChI=1S/C27H27N7O2/c1-16-9-22(10-17(2)31-16)24-25(21-6-4-5-19(12-21)13-28)33-34-8-7-23(32-26(24)34)27(36)30-15-20(14-29)11-18(3)35/h4-10,12,20H,11,14-15,29H2,1-3H3,(H,30,36). The molecular weight excluding hydrogens is 454 g/mol. The lowest BCUT2D eigenvalue weighted by Crippen LogP contribution is -2.34. The van der Waals surface area contributed by atoms with Crippen LogP contribution >= 0.6 is 0 Å². The number of pyridine rings is 1. The number of amides is 1. The van der Waals surface area contributed by atoms with E-state index < -0.39 is 0 Å². The van der Waals surface area contributed by atoms with Crippen molar-refractivity contribution < 1.29 is 9.59 Å². The molecule has 0 radical (unpaired) electrons. The van der Waals surface area contributed by atoms with E-state index in [2.05, 4.69) is 21.4 Å². The van der Waals surface area contributed by atoms with Crippen molar-refractivity contribution in [3.05, 3.63) is 71.3 Å². The van der Waals surface area contributed by atoms with Crippen LogP contribution < -0.4 is 11.1 Å². The number of carbonyl (C=O) groups excluding carboxylic acids is 2. The lowest BCUT2D eigenvalue weighted by molar-refractivity contribution is -0.117. The first-order chi connectivity index (χ1) is 17.3. The van der Waals surface area contributed by atoms with Crippen molar-refractivity contribution in [1.82, 2.24) is 24.9 Å². The number of nitrogens with two attached hydrogens (primary N) is 1. The summed E-state index contributed by atoms with van der Waals surface area (Å²) in [5.74, 6) is -0.469. The number of aromatic nitrogens is 4. The fourth-order valence-electron chi connectivity index (χ4n) is 4.21. The summed E-state index contributed by atoms with van der Waals surface area (Å²) in [6.45, 7) is 5.92. The fraction of sp³-hybridized carbons (Fsp3) is 0.259. The number of ketones is 1. The van der Waals surface area contributed by atoms with E-state index in [0.29, 0.717) is 29.9 Å². The highest BCUT2D eigenvalue weighted by Gasteiger charge is 2.21. The number of benzene rings is 1. The third kappa shape index (κ3) is 5.29. The van der Waals surface area contributed by atoms with Crippen LogP contribution in [0.4, 0.5) is 0 Å². The van der Waals surface area contributed by atoms with Gasteiger partial charge < -0.3 is 15.8 Å². The van der Waals surface area contributed by atoms with E-state index in [0.717, 1.165) is 28.1 Å². The Balaban J connectivity index is 1.81. The number of aryl methyl sites for hydroxylation is 2. The Morgan fingerprint density at radius 3 is 2.53 bits per heavy atom. The average Bonchev–Trinajstić information content (AvgIpc) is 3.24. The van der Waals surface area contributed by atoms with Crippen molar-refractivity contribution in [2.24, 2.45) is 11.7 Å². The van der Waals surface area contributed by atoms with Crippen LogP contribution in [0.1, 0.15) is 40.8 Å². The molecule has 0 aliphatic carbocycles. The Morgan fingerprint density at radius 2 is 1.86 bits per heavy atom. The quantitative estimate of drug-likeness (QED) is 0.394. The van der Waals surface area contributed by atoms with Crippen LogP contribution in [0.2, 0.25) is 0 Å². The molecule has 0 fully saturated rings. The van der Waals surface area contributed by atoms with Crippen molar-refractivity contribution in [2.45, 2.75) is 27.2 Å². The summed E-state index contributed by atoms with van der Waals surface area (Å²) in [6.07, 6.45) is 2.00. The lowest BCUT2D eigenvalue weighted by atomic mass is 9.99. The van der Waals surface area contributed by atoms with Crippen LogP contribution in [0.15, 0.2) is 48.7 Å². The number of fused-ring (bicyclic) bond motifs is 1. The van der Waals surface area contributed by atoms with E-state index in [4.69, 9.17) is 10.8 Å².